The number of H-pyrrole nitrogens is 1. The van der Waals surface area contributed by atoms with Gasteiger partial charge in [-0.1, -0.05) is 18.2 Å². The van der Waals surface area contributed by atoms with Crippen LogP contribution in [0.2, 0.25) is 0 Å². The third kappa shape index (κ3) is 4.83. The van der Waals surface area contributed by atoms with Crippen molar-refractivity contribution in [3.63, 3.8) is 0 Å². The molecule has 2 atom stereocenters. The number of aromatic nitrogens is 1. The van der Waals surface area contributed by atoms with Crippen LogP contribution in [-0.4, -0.2) is 51.7 Å². The first-order chi connectivity index (χ1) is 14.4. The van der Waals surface area contributed by atoms with Crippen molar-refractivity contribution in [1.29, 1.82) is 0 Å². The summed E-state index contributed by atoms with van der Waals surface area (Å²) in [6.07, 6.45) is 2.14. The fourth-order valence-electron chi connectivity index (χ4n) is 3.73. The summed E-state index contributed by atoms with van der Waals surface area (Å²) in [4.78, 5) is 17.7. The van der Waals surface area contributed by atoms with E-state index in [1.165, 1.54) is 5.56 Å². The van der Waals surface area contributed by atoms with Gasteiger partial charge in [0, 0.05) is 41.8 Å². The van der Waals surface area contributed by atoms with Gasteiger partial charge in [-0.05, 0) is 69.1 Å². The lowest BCUT2D eigenvalue weighted by Crippen LogP contribution is -2.33. The Morgan fingerprint density at radius 1 is 1.13 bits per heavy atom. The number of aromatic hydroxyl groups is 1. The second-order valence-corrected chi connectivity index (χ2v) is 7.58. The zero-order valence-corrected chi connectivity index (χ0v) is 17.9. The summed E-state index contributed by atoms with van der Waals surface area (Å²) in [7, 11) is 0. The first kappa shape index (κ1) is 21.9. The van der Waals surface area contributed by atoms with E-state index in [1.807, 2.05) is 50.1 Å². The van der Waals surface area contributed by atoms with E-state index in [0.29, 0.717) is 25.2 Å². The highest BCUT2D eigenvalue weighted by Crippen LogP contribution is 2.22. The van der Waals surface area contributed by atoms with Crippen LogP contribution in [0.25, 0.3) is 10.9 Å². The van der Waals surface area contributed by atoms with Gasteiger partial charge in [-0.25, -0.2) is 0 Å². The quantitative estimate of drug-likeness (QED) is 0.435. The zero-order valence-electron chi connectivity index (χ0n) is 17.9. The van der Waals surface area contributed by atoms with Crippen molar-refractivity contribution in [2.45, 2.75) is 39.3 Å². The van der Waals surface area contributed by atoms with Crippen LogP contribution in [0, 0.1) is 0 Å². The largest absolute Gasteiger partial charge is 0.508 e. The molecule has 0 aliphatic rings. The second-order valence-electron chi connectivity index (χ2n) is 7.58. The van der Waals surface area contributed by atoms with Gasteiger partial charge in [-0.2, -0.15) is 0 Å². The highest BCUT2D eigenvalue weighted by molar-refractivity contribution is 5.98. The standard InChI is InChI=1S/C24H31N3O3/c1-4-27(5-2)24(30)18-8-11-21-19(15-26-22(21)14-18)12-13-25-16(3)23(29)17-6-9-20(28)10-7-17/h6-11,14-16,23,25-26,28-29H,4-5,12-13H2,1-3H3/t16-,23-/m0/s1. The molecule has 6 nitrogen and oxygen atoms in total. The molecule has 0 fully saturated rings. The predicted octanol–water partition coefficient (Wildman–Crippen LogP) is 3.61. The van der Waals surface area contributed by atoms with Gasteiger partial charge in [-0.3, -0.25) is 4.79 Å². The van der Waals surface area contributed by atoms with Gasteiger partial charge in [0.2, 0.25) is 0 Å². The highest BCUT2D eigenvalue weighted by atomic mass is 16.3. The van der Waals surface area contributed by atoms with Gasteiger partial charge in [-0.15, -0.1) is 0 Å². The number of carbonyl (C=O) groups excluding carboxylic acids is 1. The molecular formula is C24H31N3O3. The lowest BCUT2D eigenvalue weighted by Gasteiger charge is -2.20. The number of aliphatic hydroxyl groups excluding tert-OH is 1. The first-order valence-corrected chi connectivity index (χ1v) is 10.5. The number of fused-ring (bicyclic) bond motifs is 1. The number of benzene rings is 2. The van der Waals surface area contributed by atoms with E-state index < -0.39 is 6.10 Å². The lowest BCUT2D eigenvalue weighted by atomic mass is 10.0. The zero-order chi connectivity index (χ0) is 21.7. The van der Waals surface area contributed by atoms with Gasteiger partial charge < -0.3 is 25.4 Å². The van der Waals surface area contributed by atoms with E-state index in [-0.39, 0.29) is 17.7 Å². The predicted molar refractivity (Wildman–Crippen MR) is 120 cm³/mol. The number of aliphatic hydroxyl groups is 1. The van der Waals surface area contributed by atoms with E-state index in [4.69, 9.17) is 0 Å². The fourth-order valence-corrected chi connectivity index (χ4v) is 3.73. The average molecular weight is 410 g/mol. The molecule has 0 unspecified atom stereocenters. The molecule has 30 heavy (non-hydrogen) atoms. The molecular weight excluding hydrogens is 378 g/mol. The van der Waals surface area contributed by atoms with Gasteiger partial charge in [0.15, 0.2) is 0 Å². The van der Waals surface area contributed by atoms with Crippen molar-refractivity contribution in [2.24, 2.45) is 0 Å². The summed E-state index contributed by atoms with van der Waals surface area (Å²) in [6, 6.07) is 12.3. The molecule has 0 saturated heterocycles. The Bertz CT molecular complexity index is 977. The van der Waals surface area contributed by atoms with Gasteiger partial charge >= 0.3 is 0 Å². The monoisotopic (exact) mass is 409 g/mol. The molecule has 0 saturated carbocycles. The SMILES string of the molecule is CCN(CC)C(=O)c1ccc2c(CCN[C@@H](C)[C@H](O)c3ccc(O)cc3)c[nH]c2c1. The molecule has 1 heterocycles. The number of phenolic OH excluding ortho intramolecular Hbond substituents is 1. The number of carbonyl (C=O) groups is 1. The minimum Gasteiger partial charge on any atom is -0.508 e. The maximum atomic E-state index is 12.6. The molecule has 1 aromatic heterocycles. The molecule has 6 heteroatoms. The molecule has 0 spiro atoms. The Morgan fingerprint density at radius 3 is 2.50 bits per heavy atom. The van der Waals surface area contributed by atoms with Crippen LogP contribution in [0.5, 0.6) is 5.75 Å². The number of nitrogens with zero attached hydrogens (tertiary/aromatic N) is 1. The maximum absolute atomic E-state index is 12.6. The number of phenols is 1. The Kier molecular flexibility index (Phi) is 7.13. The van der Waals surface area contributed by atoms with Gasteiger partial charge in [0.25, 0.3) is 5.91 Å². The van der Waals surface area contributed by atoms with E-state index in [1.54, 1.807) is 24.3 Å². The van der Waals surface area contributed by atoms with Crippen LogP contribution >= 0.6 is 0 Å². The van der Waals surface area contributed by atoms with Gasteiger partial charge in [0.1, 0.15) is 5.75 Å². The normalized spacial score (nSPS) is 13.3. The number of hydrogen-bond acceptors (Lipinski definition) is 4. The Balaban J connectivity index is 1.61. The maximum Gasteiger partial charge on any atom is 0.253 e. The summed E-state index contributed by atoms with van der Waals surface area (Å²) < 4.78 is 0. The molecule has 2 aromatic carbocycles. The van der Waals surface area contributed by atoms with Crippen molar-refractivity contribution >= 4 is 16.8 Å². The molecule has 3 aromatic rings. The van der Waals surface area contributed by atoms with Crippen LogP contribution in [0.15, 0.2) is 48.7 Å². The minimum absolute atomic E-state index is 0.0526. The van der Waals surface area contributed by atoms with Crippen molar-refractivity contribution < 1.29 is 15.0 Å². The van der Waals surface area contributed by atoms with Crippen LogP contribution in [0.1, 0.15) is 48.4 Å². The van der Waals surface area contributed by atoms with Crippen LogP contribution in [-0.2, 0) is 6.42 Å². The number of aromatic amines is 1. The fraction of sp³-hybridized carbons (Fsp3) is 0.375. The van der Waals surface area contributed by atoms with E-state index in [2.05, 4.69) is 10.3 Å². The second kappa shape index (κ2) is 9.78. The highest BCUT2D eigenvalue weighted by Gasteiger charge is 2.17. The number of hydrogen-bond donors (Lipinski definition) is 4. The van der Waals surface area contributed by atoms with Crippen molar-refractivity contribution in [3.05, 3.63) is 65.4 Å². The molecule has 0 bridgehead atoms. The van der Waals surface area contributed by atoms with E-state index in [9.17, 15) is 15.0 Å². The van der Waals surface area contributed by atoms with E-state index in [0.717, 1.165) is 22.9 Å². The summed E-state index contributed by atoms with van der Waals surface area (Å²) in [5, 5.41) is 24.4. The summed E-state index contributed by atoms with van der Waals surface area (Å²) in [6.45, 7) is 8.02. The third-order valence-electron chi connectivity index (χ3n) is 5.63. The molecule has 0 aliphatic carbocycles. The number of rotatable bonds is 9. The van der Waals surface area contributed by atoms with Crippen molar-refractivity contribution in [3.8, 4) is 5.75 Å². The van der Waals surface area contributed by atoms with Crippen molar-refractivity contribution in [2.75, 3.05) is 19.6 Å². The summed E-state index contributed by atoms with van der Waals surface area (Å²) in [5.74, 6) is 0.240. The molecule has 0 aliphatic heterocycles. The van der Waals surface area contributed by atoms with Gasteiger partial charge in [0.05, 0.1) is 6.10 Å². The number of amides is 1. The first-order valence-electron chi connectivity index (χ1n) is 10.5. The lowest BCUT2D eigenvalue weighted by molar-refractivity contribution is 0.0773. The minimum atomic E-state index is -0.651. The van der Waals surface area contributed by atoms with E-state index >= 15 is 0 Å². The van der Waals surface area contributed by atoms with Crippen LogP contribution in [0.4, 0.5) is 0 Å². The summed E-state index contributed by atoms with van der Waals surface area (Å²) >= 11 is 0. The van der Waals surface area contributed by atoms with Crippen LogP contribution in [0.3, 0.4) is 0 Å². The smallest absolute Gasteiger partial charge is 0.253 e. The summed E-state index contributed by atoms with van der Waals surface area (Å²) in [5.41, 5.74) is 3.60. The molecule has 4 N–H and O–H groups in total. The average Bonchev–Trinajstić information content (AvgIpc) is 3.16. The van der Waals surface area contributed by atoms with Crippen LogP contribution < -0.4 is 5.32 Å². The Labute approximate surface area is 177 Å². The molecule has 3 rings (SSSR count). The third-order valence-corrected chi connectivity index (χ3v) is 5.63. The molecule has 1 amide bonds. The Hall–Kier alpha value is -2.83. The molecule has 160 valence electrons. The number of nitrogens with one attached hydrogen (secondary N) is 2. The molecule has 0 radical (unpaired) electrons. The van der Waals surface area contributed by atoms with Crippen molar-refractivity contribution in [1.82, 2.24) is 15.2 Å². The topological polar surface area (TPSA) is 88.6 Å². The Morgan fingerprint density at radius 2 is 1.83 bits per heavy atom.